The van der Waals surface area contributed by atoms with Gasteiger partial charge in [0.2, 0.25) is 0 Å². The monoisotopic (exact) mass is 530 g/mol. The molecule has 0 atom stereocenters. The van der Waals surface area contributed by atoms with Crippen LogP contribution in [0, 0.1) is 6.92 Å². The van der Waals surface area contributed by atoms with Crippen molar-refractivity contribution in [1.82, 2.24) is 5.43 Å². The highest BCUT2D eigenvalue weighted by Gasteiger charge is 2.12. The lowest BCUT2D eigenvalue weighted by Gasteiger charge is -2.13. The molecule has 0 bridgehead atoms. The Hall–Kier alpha value is -2.64. The van der Waals surface area contributed by atoms with Crippen molar-refractivity contribution in [2.24, 2.45) is 5.10 Å². The van der Waals surface area contributed by atoms with Crippen LogP contribution in [0.4, 0.5) is 0 Å². The number of benzene rings is 3. The molecule has 0 aliphatic rings. The van der Waals surface area contributed by atoms with Crippen molar-refractivity contribution in [2.45, 2.75) is 13.5 Å². The maximum Gasteiger partial charge on any atom is 0.271 e. The van der Waals surface area contributed by atoms with Crippen molar-refractivity contribution < 1.29 is 14.3 Å². The van der Waals surface area contributed by atoms with Crippen LogP contribution in [0.15, 0.2) is 74.7 Å². The third-order valence-corrected chi connectivity index (χ3v) is 5.33. The smallest absolute Gasteiger partial charge is 0.271 e. The van der Waals surface area contributed by atoms with Gasteiger partial charge in [0.1, 0.15) is 6.61 Å². The lowest BCUT2D eigenvalue weighted by Crippen LogP contribution is -2.17. The van der Waals surface area contributed by atoms with Crippen molar-refractivity contribution in [2.75, 3.05) is 7.11 Å². The fraction of sp³-hybridized carbons (Fsp3) is 0.130. The Bertz CT molecular complexity index is 1070. The highest BCUT2D eigenvalue weighted by Crippen LogP contribution is 2.36. The van der Waals surface area contributed by atoms with Crippen LogP contribution < -0.4 is 14.9 Å². The molecule has 0 aromatic heterocycles. The molecular formula is C23H20Br2N2O3. The van der Waals surface area contributed by atoms with Crippen molar-refractivity contribution >= 4 is 44.0 Å². The molecule has 0 saturated carbocycles. The van der Waals surface area contributed by atoms with Gasteiger partial charge in [-0.25, -0.2) is 5.43 Å². The van der Waals surface area contributed by atoms with Gasteiger partial charge in [-0.2, -0.15) is 5.10 Å². The standard InChI is InChI=1S/C23H20Br2N2O3/c1-15-4-3-5-18(10-15)23(28)27-26-13-17-11-20(25)22(21(12-17)29-2)30-14-16-6-8-19(24)9-7-16/h3-13H,14H2,1-2H3,(H,27,28)/b26-13+. The predicted octanol–water partition coefficient (Wildman–Crippen LogP) is 5.87. The van der Waals surface area contributed by atoms with E-state index in [1.165, 1.54) is 0 Å². The summed E-state index contributed by atoms with van der Waals surface area (Å²) in [4.78, 5) is 12.2. The second-order valence-electron chi connectivity index (χ2n) is 6.52. The summed E-state index contributed by atoms with van der Waals surface area (Å²) in [5, 5.41) is 4.05. The molecule has 7 heteroatoms. The third-order valence-electron chi connectivity index (χ3n) is 4.21. The van der Waals surface area contributed by atoms with E-state index in [1.807, 2.05) is 55.5 Å². The van der Waals surface area contributed by atoms with Crippen LogP contribution in [0.5, 0.6) is 11.5 Å². The molecule has 0 aliphatic heterocycles. The second kappa shape index (κ2) is 10.4. The number of nitrogens with zero attached hydrogens (tertiary/aromatic N) is 1. The number of hydrogen-bond acceptors (Lipinski definition) is 4. The summed E-state index contributed by atoms with van der Waals surface area (Å²) in [6.07, 6.45) is 1.56. The third kappa shape index (κ3) is 5.93. The molecule has 1 N–H and O–H groups in total. The lowest BCUT2D eigenvalue weighted by atomic mass is 10.1. The van der Waals surface area contributed by atoms with E-state index in [4.69, 9.17) is 9.47 Å². The molecule has 1 amide bonds. The first kappa shape index (κ1) is 22.1. The van der Waals surface area contributed by atoms with Crippen LogP contribution in [0.2, 0.25) is 0 Å². The largest absolute Gasteiger partial charge is 0.493 e. The zero-order chi connectivity index (χ0) is 21.5. The second-order valence-corrected chi connectivity index (χ2v) is 8.29. The first-order chi connectivity index (χ1) is 14.5. The molecule has 0 unspecified atom stereocenters. The maximum absolute atomic E-state index is 12.2. The van der Waals surface area contributed by atoms with Gasteiger partial charge in [0, 0.05) is 10.0 Å². The van der Waals surface area contributed by atoms with Gasteiger partial charge in [-0.3, -0.25) is 4.79 Å². The minimum Gasteiger partial charge on any atom is -0.493 e. The number of amides is 1. The quantitative estimate of drug-likeness (QED) is 0.306. The Balaban J connectivity index is 1.69. The number of aryl methyl sites for hydroxylation is 1. The molecule has 0 radical (unpaired) electrons. The number of carbonyl (C=O) groups excluding carboxylic acids is 1. The molecule has 3 aromatic rings. The number of methoxy groups -OCH3 is 1. The fourth-order valence-electron chi connectivity index (χ4n) is 2.71. The summed E-state index contributed by atoms with van der Waals surface area (Å²) in [5.41, 5.74) is 5.90. The zero-order valence-electron chi connectivity index (χ0n) is 16.5. The number of carbonyl (C=O) groups is 1. The summed E-state index contributed by atoms with van der Waals surface area (Å²) >= 11 is 6.95. The van der Waals surface area contributed by atoms with Crippen LogP contribution in [0.1, 0.15) is 27.0 Å². The number of halogens is 2. The van der Waals surface area contributed by atoms with Crippen LogP contribution in [0.25, 0.3) is 0 Å². The van der Waals surface area contributed by atoms with Gasteiger partial charge in [0.05, 0.1) is 17.8 Å². The summed E-state index contributed by atoms with van der Waals surface area (Å²) in [5.74, 6) is 0.893. The minimum absolute atomic E-state index is 0.268. The van der Waals surface area contributed by atoms with Gasteiger partial charge >= 0.3 is 0 Å². The Morgan fingerprint density at radius 2 is 1.87 bits per heavy atom. The van der Waals surface area contributed by atoms with E-state index in [1.54, 1.807) is 25.5 Å². The molecule has 0 aliphatic carbocycles. The Labute approximate surface area is 192 Å². The Morgan fingerprint density at radius 1 is 1.10 bits per heavy atom. The zero-order valence-corrected chi connectivity index (χ0v) is 19.7. The summed E-state index contributed by atoms with van der Waals surface area (Å²) in [7, 11) is 1.58. The summed E-state index contributed by atoms with van der Waals surface area (Å²) < 4.78 is 13.2. The van der Waals surface area contributed by atoms with E-state index in [9.17, 15) is 4.79 Å². The van der Waals surface area contributed by atoms with Gasteiger partial charge < -0.3 is 9.47 Å². The van der Waals surface area contributed by atoms with Crippen LogP contribution in [0.3, 0.4) is 0 Å². The first-order valence-corrected chi connectivity index (χ1v) is 10.7. The van der Waals surface area contributed by atoms with Crippen LogP contribution >= 0.6 is 31.9 Å². The molecule has 30 heavy (non-hydrogen) atoms. The van der Waals surface area contributed by atoms with Crippen molar-refractivity contribution in [3.05, 3.63) is 91.9 Å². The molecule has 154 valence electrons. The van der Waals surface area contributed by atoms with Gasteiger partial charge in [0.15, 0.2) is 11.5 Å². The normalized spacial score (nSPS) is 10.8. The Morgan fingerprint density at radius 3 is 2.57 bits per heavy atom. The van der Waals surface area contributed by atoms with E-state index in [0.717, 1.165) is 25.6 Å². The molecular weight excluding hydrogens is 512 g/mol. The molecule has 3 aromatic carbocycles. The summed E-state index contributed by atoms with van der Waals surface area (Å²) in [6.45, 7) is 2.34. The number of nitrogens with one attached hydrogen (secondary N) is 1. The highest BCUT2D eigenvalue weighted by molar-refractivity contribution is 9.10. The number of hydrogen-bond donors (Lipinski definition) is 1. The molecule has 0 saturated heterocycles. The van der Waals surface area contributed by atoms with Gasteiger partial charge in [-0.05, 0) is 70.4 Å². The average molecular weight is 532 g/mol. The van der Waals surface area contributed by atoms with Crippen LogP contribution in [-0.4, -0.2) is 19.2 Å². The predicted molar refractivity (Wildman–Crippen MR) is 125 cm³/mol. The van der Waals surface area contributed by atoms with Crippen molar-refractivity contribution in [3.8, 4) is 11.5 Å². The van der Waals surface area contributed by atoms with Gasteiger partial charge in [-0.1, -0.05) is 45.8 Å². The number of rotatable bonds is 7. The lowest BCUT2D eigenvalue weighted by molar-refractivity contribution is 0.0955. The molecule has 3 rings (SSSR count). The molecule has 0 fully saturated rings. The minimum atomic E-state index is -0.268. The number of ether oxygens (including phenoxy) is 2. The first-order valence-electron chi connectivity index (χ1n) is 9.11. The van der Waals surface area contributed by atoms with Crippen molar-refractivity contribution in [1.29, 1.82) is 0 Å². The average Bonchev–Trinajstić information content (AvgIpc) is 2.73. The molecule has 0 heterocycles. The van der Waals surface area contributed by atoms with E-state index < -0.39 is 0 Å². The van der Waals surface area contributed by atoms with E-state index >= 15 is 0 Å². The van der Waals surface area contributed by atoms with Crippen molar-refractivity contribution in [3.63, 3.8) is 0 Å². The maximum atomic E-state index is 12.2. The van der Waals surface area contributed by atoms with E-state index in [0.29, 0.717) is 23.7 Å². The fourth-order valence-corrected chi connectivity index (χ4v) is 3.55. The van der Waals surface area contributed by atoms with Gasteiger partial charge in [0.25, 0.3) is 5.91 Å². The summed E-state index contributed by atoms with van der Waals surface area (Å²) in [6, 6.07) is 18.9. The topological polar surface area (TPSA) is 59.9 Å². The molecule has 5 nitrogen and oxygen atoms in total. The van der Waals surface area contributed by atoms with Gasteiger partial charge in [-0.15, -0.1) is 0 Å². The van der Waals surface area contributed by atoms with Crippen LogP contribution in [-0.2, 0) is 6.61 Å². The Kier molecular flexibility index (Phi) is 7.65. The van der Waals surface area contributed by atoms with E-state index in [2.05, 4.69) is 42.4 Å². The van der Waals surface area contributed by atoms with E-state index in [-0.39, 0.29) is 5.91 Å². The SMILES string of the molecule is COc1cc(/C=N/NC(=O)c2cccc(C)c2)cc(Br)c1OCc1ccc(Br)cc1. The highest BCUT2D eigenvalue weighted by atomic mass is 79.9. The number of hydrazone groups is 1. The molecule has 0 spiro atoms.